The molecule has 0 unspecified atom stereocenters. The summed E-state index contributed by atoms with van der Waals surface area (Å²) < 4.78 is 5.73. The Kier molecular flexibility index (Phi) is 4.76. The molecule has 0 aromatic heterocycles. The summed E-state index contributed by atoms with van der Waals surface area (Å²) in [5.74, 6) is -2.28. The lowest BCUT2D eigenvalue weighted by atomic mass is 10.1. The summed E-state index contributed by atoms with van der Waals surface area (Å²) in [5.41, 5.74) is 0.911. The van der Waals surface area contributed by atoms with Gasteiger partial charge in [-0.25, -0.2) is 0 Å². The molecular weight excluding hydrogens is 390 g/mol. The van der Waals surface area contributed by atoms with Crippen molar-refractivity contribution in [3.63, 3.8) is 0 Å². The number of hydrogen-bond donors (Lipinski definition) is 0. The number of esters is 1. The Labute approximate surface area is 151 Å². The minimum Gasteiger partial charge on any atom is -0.456 e. The number of amides is 2. The maximum atomic E-state index is 12.2. The Bertz CT molecular complexity index is 840. The van der Waals surface area contributed by atoms with Crippen molar-refractivity contribution in [2.75, 3.05) is 13.2 Å². The number of carbonyl (C=O) groups excluding carboxylic acids is 4. The average molecular weight is 402 g/mol. The highest BCUT2D eigenvalue weighted by Gasteiger charge is 2.36. The zero-order valence-electron chi connectivity index (χ0n) is 12.9. The number of benzene rings is 2. The Morgan fingerprint density at radius 1 is 0.920 bits per heavy atom. The summed E-state index contributed by atoms with van der Waals surface area (Å²) >= 11 is 3.26. The normalized spacial score (nSPS) is 12.9. The van der Waals surface area contributed by atoms with E-state index in [1.165, 1.54) is 12.1 Å². The Morgan fingerprint density at radius 3 is 2.04 bits per heavy atom. The van der Waals surface area contributed by atoms with Gasteiger partial charge in [0.05, 0.1) is 11.1 Å². The third-order valence-electron chi connectivity index (χ3n) is 3.70. The fourth-order valence-corrected chi connectivity index (χ4v) is 2.69. The highest BCUT2D eigenvalue weighted by Crippen LogP contribution is 2.22. The minimum atomic E-state index is -0.819. The molecule has 1 aliphatic heterocycles. The molecule has 2 amide bonds. The highest BCUT2D eigenvalue weighted by molar-refractivity contribution is 9.10. The molecule has 0 saturated carbocycles. The summed E-state index contributed by atoms with van der Waals surface area (Å²) in [4.78, 5) is 49.0. The largest absolute Gasteiger partial charge is 0.456 e. The van der Waals surface area contributed by atoms with Crippen molar-refractivity contribution in [3.05, 3.63) is 69.7 Å². The van der Waals surface area contributed by atoms with Crippen LogP contribution >= 0.6 is 15.9 Å². The van der Waals surface area contributed by atoms with Crippen LogP contribution in [0.25, 0.3) is 0 Å². The van der Waals surface area contributed by atoms with Gasteiger partial charge in [-0.1, -0.05) is 40.2 Å². The fraction of sp³-hybridized carbons (Fsp3) is 0.111. The molecule has 0 bridgehead atoms. The topological polar surface area (TPSA) is 80.8 Å². The number of Topliss-reactive ketones (excluding diaryl/α,β-unsaturated/α-hetero) is 1. The lowest BCUT2D eigenvalue weighted by Gasteiger charge is -2.12. The molecule has 3 rings (SSSR count). The third kappa shape index (κ3) is 3.51. The van der Waals surface area contributed by atoms with Crippen molar-refractivity contribution in [1.82, 2.24) is 4.90 Å². The van der Waals surface area contributed by atoms with E-state index in [1.807, 2.05) is 0 Å². The second kappa shape index (κ2) is 6.98. The average Bonchev–Trinajstić information content (AvgIpc) is 2.86. The summed E-state index contributed by atoms with van der Waals surface area (Å²) in [6, 6.07) is 12.9. The molecule has 1 heterocycles. The smallest absolute Gasteiger partial charge is 0.326 e. The quantitative estimate of drug-likeness (QED) is 0.436. The molecule has 2 aromatic carbocycles. The number of fused-ring (bicyclic) bond motifs is 1. The van der Waals surface area contributed by atoms with Gasteiger partial charge in [-0.2, -0.15) is 0 Å². The van der Waals surface area contributed by atoms with E-state index in [0.717, 1.165) is 9.37 Å². The van der Waals surface area contributed by atoms with Crippen molar-refractivity contribution in [2.45, 2.75) is 0 Å². The van der Waals surface area contributed by atoms with E-state index in [4.69, 9.17) is 4.74 Å². The Hall–Kier alpha value is -2.80. The van der Waals surface area contributed by atoms with Crippen molar-refractivity contribution >= 4 is 39.5 Å². The predicted molar refractivity (Wildman–Crippen MR) is 91.2 cm³/mol. The predicted octanol–water partition coefficient (Wildman–Crippen LogP) is 2.47. The van der Waals surface area contributed by atoms with Gasteiger partial charge in [0.25, 0.3) is 11.8 Å². The molecule has 0 saturated heterocycles. The van der Waals surface area contributed by atoms with Gasteiger partial charge < -0.3 is 4.74 Å². The monoisotopic (exact) mass is 401 g/mol. The van der Waals surface area contributed by atoms with Crippen LogP contribution in [0.15, 0.2) is 53.0 Å². The van der Waals surface area contributed by atoms with Crippen molar-refractivity contribution < 1.29 is 23.9 Å². The number of halogens is 1. The maximum absolute atomic E-state index is 12.2. The van der Waals surface area contributed by atoms with Gasteiger partial charge in [-0.05, 0) is 24.3 Å². The van der Waals surface area contributed by atoms with Crippen LogP contribution in [0.3, 0.4) is 0 Å². The van der Waals surface area contributed by atoms with Crippen molar-refractivity contribution in [2.24, 2.45) is 0 Å². The standard InChI is InChI=1S/C18H12BrNO5/c19-12-7-5-11(6-8-12)15(21)10-25-16(22)9-20-17(23)13-3-1-2-4-14(13)18(20)24/h1-8H,9-10H2. The lowest BCUT2D eigenvalue weighted by Crippen LogP contribution is -2.36. The molecule has 25 heavy (non-hydrogen) atoms. The SMILES string of the molecule is O=C(CN1C(=O)c2ccccc2C1=O)OCC(=O)c1ccc(Br)cc1. The first-order valence-corrected chi connectivity index (χ1v) is 8.16. The first kappa shape index (κ1) is 17.0. The number of ketones is 1. The molecule has 1 aliphatic rings. The van der Waals surface area contributed by atoms with E-state index in [9.17, 15) is 19.2 Å². The van der Waals surface area contributed by atoms with Crippen molar-refractivity contribution in [3.8, 4) is 0 Å². The molecule has 0 fully saturated rings. The van der Waals surface area contributed by atoms with Gasteiger partial charge in [0.2, 0.25) is 0 Å². The van der Waals surface area contributed by atoms with Gasteiger partial charge in [-0.15, -0.1) is 0 Å². The first-order valence-electron chi connectivity index (χ1n) is 7.37. The van der Waals surface area contributed by atoms with Gasteiger partial charge >= 0.3 is 5.97 Å². The number of rotatable bonds is 5. The summed E-state index contributed by atoms with van der Waals surface area (Å²) in [5, 5.41) is 0. The van der Waals surface area contributed by atoms with E-state index in [1.54, 1.807) is 36.4 Å². The van der Waals surface area contributed by atoms with Crippen LogP contribution in [-0.4, -0.2) is 41.6 Å². The molecule has 126 valence electrons. The van der Waals surface area contributed by atoms with E-state index in [0.29, 0.717) is 5.56 Å². The first-order chi connectivity index (χ1) is 12.0. The zero-order chi connectivity index (χ0) is 18.0. The highest BCUT2D eigenvalue weighted by atomic mass is 79.9. The summed E-state index contributed by atoms with van der Waals surface area (Å²) in [6.45, 7) is -0.983. The molecule has 0 radical (unpaired) electrons. The number of imide groups is 1. The molecule has 0 aliphatic carbocycles. The summed E-state index contributed by atoms with van der Waals surface area (Å²) in [6.07, 6.45) is 0. The van der Waals surface area contributed by atoms with E-state index >= 15 is 0 Å². The minimum absolute atomic E-state index is 0.256. The van der Waals surface area contributed by atoms with E-state index in [-0.39, 0.29) is 16.9 Å². The maximum Gasteiger partial charge on any atom is 0.326 e. The third-order valence-corrected chi connectivity index (χ3v) is 4.22. The Morgan fingerprint density at radius 2 is 1.48 bits per heavy atom. The zero-order valence-corrected chi connectivity index (χ0v) is 14.5. The molecule has 0 spiro atoms. The van der Waals surface area contributed by atoms with Crippen LogP contribution in [0.1, 0.15) is 31.1 Å². The molecule has 7 heteroatoms. The van der Waals surface area contributed by atoms with Crippen LogP contribution in [0.4, 0.5) is 0 Å². The van der Waals surface area contributed by atoms with Crippen LogP contribution in [-0.2, 0) is 9.53 Å². The number of nitrogens with zero attached hydrogens (tertiary/aromatic N) is 1. The van der Waals surface area contributed by atoms with Gasteiger partial charge in [-0.3, -0.25) is 24.1 Å². The van der Waals surface area contributed by atoms with E-state index < -0.39 is 30.9 Å². The number of hydrogen-bond acceptors (Lipinski definition) is 5. The summed E-state index contributed by atoms with van der Waals surface area (Å²) in [7, 11) is 0. The van der Waals surface area contributed by atoms with Crippen LogP contribution in [0, 0.1) is 0 Å². The number of ether oxygens (including phenoxy) is 1. The lowest BCUT2D eigenvalue weighted by molar-refractivity contribution is -0.142. The van der Waals surface area contributed by atoms with E-state index in [2.05, 4.69) is 15.9 Å². The second-order valence-electron chi connectivity index (χ2n) is 5.33. The van der Waals surface area contributed by atoms with Gasteiger partial charge in [0, 0.05) is 10.0 Å². The van der Waals surface area contributed by atoms with Gasteiger partial charge in [0.1, 0.15) is 6.54 Å². The molecule has 6 nitrogen and oxygen atoms in total. The van der Waals surface area contributed by atoms with Crippen LogP contribution in [0.5, 0.6) is 0 Å². The fourth-order valence-electron chi connectivity index (χ4n) is 2.42. The molecule has 2 aromatic rings. The molecule has 0 atom stereocenters. The van der Waals surface area contributed by atoms with Crippen LogP contribution in [0.2, 0.25) is 0 Å². The van der Waals surface area contributed by atoms with Crippen molar-refractivity contribution in [1.29, 1.82) is 0 Å². The van der Waals surface area contributed by atoms with Crippen LogP contribution < -0.4 is 0 Å². The Balaban J connectivity index is 1.58. The molecule has 0 N–H and O–H groups in total. The molecular formula is C18H12BrNO5. The number of carbonyl (C=O) groups is 4. The van der Waals surface area contributed by atoms with Gasteiger partial charge in [0.15, 0.2) is 12.4 Å². The second-order valence-corrected chi connectivity index (χ2v) is 6.25.